The first kappa shape index (κ1) is 14.5. The van der Waals surface area contributed by atoms with Gasteiger partial charge in [-0.2, -0.15) is 5.10 Å². The minimum absolute atomic E-state index is 0.186. The molecule has 100 valence electrons. The van der Waals surface area contributed by atoms with Crippen molar-refractivity contribution in [3.63, 3.8) is 0 Å². The molecule has 0 saturated carbocycles. The third-order valence-corrected chi connectivity index (χ3v) is 3.06. The third kappa shape index (κ3) is 3.22. The first-order valence-electron chi connectivity index (χ1n) is 5.41. The molecular weight excluding hydrogens is 258 g/mol. The average molecular weight is 274 g/mol. The number of esters is 1. The molecule has 0 spiro atoms. The SMILES string of the molecule is COC(=O)C(Cn1nc(C)c(Cl)c1C)NC(C)=O. The highest BCUT2D eigenvalue weighted by Crippen LogP contribution is 2.19. The normalized spacial score (nSPS) is 12.1. The second kappa shape index (κ2) is 5.86. The summed E-state index contributed by atoms with van der Waals surface area (Å²) in [5.41, 5.74) is 1.43. The Kier molecular flexibility index (Phi) is 4.72. The molecule has 0 radical (unpaired) electrons. The number of carbonyl (C=O) groups excluding carboxylic acids is 2. The molecular formula is C11H16ClN3O3. The Labute approximate surface area is 110 Å². The van der Waals surface area contributed by atoms with Gasteiger partial charge in [0.05, 0.1) is 30.1 Å². The molecule has 18 heavy (non-hydrogen) atoms. The van der Waals surface area contributed by atoms with Crippen LogP contribution in [0.1, 0.15) is 18.3 Å². The van der Waals surface area contributed by atoms with Crippen molar-refractivity contribution in [1.82, 2.24) is 15.1 Å². The van der Waals surface area contributed by atoms with E-state index in [-0.39, 0.29) is 12.5 Å². The zero-order chi connectivity index (χ0) is 13.9. The smallest absolute Gasteiger partial charge is 0.330 e. The molecule has 6 nitrogen and oxygen atoms in total. The van der Waals surface area contributed by atoms with E-state index in [9.17, 15) is 9.59 Å². The van der Waals surface area contributed by atoms with E-state index in [0.29, 0.717) is 10.7 Å². The molecule has 1 aromatic rings. The Morgan fingerprint density at radius 3 is 2.50 bits per heavy atom. The van der Waals surface area contributed by atoms with Crippen molar-refractivity contribution >= 4 is 23.5 Å². The first-order chi connectivity index (χ1) is 8.36. The number of rotatable bonds is 4. The molecule has 1 rings (SSSR count). The lowest BCUT2D eigenvalue weighted by Gasteiger charge is -2.16. The van der Waals surface area contributed by atoms with Crippen LogP contribution in [-0.4, -0.2) is 34.8 Å². The number of aromatic nitrogens is 2. The van der Waals surface area contributed by atoms with E-state index in [1.165, 1.54) is 14.0 Å². The fourth-order valence-electron chi connectivity index (χ4n) is 1.59. The second-order valence-corrected chi connectivity index (χ2v) is 4.32. The van der Waals surface area contributed by atoms with Crippen LogP contribution < -0.4 is 5.32 Å². The summed E-state index contributed by atoms with van der Waals surface area (Å²) in [7, 11) is 1.27. The van der Waals surface area contributed by atoms with Gasteiger partial charge in [-0.15, -0.1) is 0 Å². The zero-order valence-corrected chi connectivity index (χ0v) is 11.5. The predicted molar refractivity (Wildman–Crippen MR) is 66.3 cm³/mol. The molecule has 1 atom stereocenters. The van der Waals surface area contributed by atoms with Gasteiger partial charge in [0.15, 0.2) is 0 Å². The lowest BCUT2D eigenvalue weighted by molar-refractivity contribution is -0.145. The van der Waals surface area contributed by atoms with Crippen molar-refractivity contribution in [3.8, 4) is 0 Å². The number of hydrogen-bond acceptors (Lipinski definition) is 4. The molecule has 1 heterocycles. The van der Waals surface area contributed by atoms with Crippen molar-refractivity contribution in [1.29, 1.82) is 0 Å². The van der Waals surface area contributed by atoms with Gasteiger partial charge in [0, 0.05) is 6.92 Å². The number of methoxy groups -OCH3 is 1. The van der Waals surface area contributed by atoms with Gasteiger partial charge < -0.3 is 10.1 Å². The van der Waals surface area contributed by atoms with E-state index in [2.05, 4.69) is 15.2 Å². The second-order valence-electron chi connectivity index (χ2n) is 3.94. The fraction of sp³-hybridized carbons (Fsp3) is 0.545. The van der Waals surface area contributed by atoms with Crippen LogP contribution in [0.4, 0.5) is 0 Å². The van der Waals surface area contributed by atoms with Crippen LogP contribution in [0.15, 0.2) is 0 Å². The monoisotopic (exact) mass is 273 g/mol. The van der Waals surface area contributed by atoms with Crippen molar-refractivity contribution in [2.24, 2.45) is 0 Å². The summed E-state index contributed by atoms with van der Waals surface area (Å²) in [6.45, 7) is 5.09. The third-order valence-electron chi connectivity index (χ3n) is 2.51. The molecule has 0 fully saturated rings. The fourth-order valence-corrected chi connectivity index (χ4v) is 1.73. The first-order valence-corrected chi connectivity index (χ1v) is 5.79. The van der Waals surface area contributed by atoms with E-state index in [1.54, 1.807) is 18.5 Å². The minimum atomic E-state index is -0.776. The summed E-state index contributed by atoms with van der Waals surface area (Å²) in [6.07, 6.45) is 0. The van der Waals surface area contributed by atoms with Gasteiger partial charge in [0.25, 0.3) is 0 Å². The number of nitrogens with one attached hydrogen (secondary N) is 1. The van der Waals surface area contributed by atoms with Gasteiger partial charge in [-0.1, -0.05) is 11.6 Å². The molecule has 1 aromatic heterocycles. The van der Waals surface area contributed by atoms with E-state index >= 15 is 0 Å². The highest BCUT2D eigenvalue weighted by atomic mass is 35.5. The molecule has 0 saturated heterocycles. The maximum absolute atomic E-state index is 11.5. The number of aryl methyl sites for hydroxylation is 1. The Balaban J connectivity index is 2.92. The number of amides is 1. The quantitative estimate of drug-likeness (QED) is 0.825. The van der Waals surface area contributed by atoms with E-state index in [0.717, 1.165) is 5.69 Å². The van der Waals surface area contributed by atoms with Crippen LogP contribution >= 0.6 is 11.6 Å². The maximum Gasteiger partial charge on any atom is 0.330 e. The molecule has 0 aliphatic rings. The predicted octanol–water partition coefficient (Wildman–Crippen LogP) is 0.831. The molecule has 1 amide bonds. The summed E-state index contributed by atoms with van der Waals surface area (Å²) in [6, 6.07) is -0.776. The van der Waals surface area contributed by atoms with Crippen LogP contribution in [0.3, 0.4) is 0 Å². The topological polar surface area (TPSA) is 73.2 Å². The number of hydrogen-bond donors (Lipinski definition) is 1. The average Bonchev–Trinajstić information content (AvgIpc) is 2.54. The lowest BCUT2D eigenvalue weighted by atomic mass is 10.3. The Morgan fingerprint density at radius 1 is 1.50 bits per heavy atom. The summed E-state index contributed by atoms with van der Waals surface area (Å²) in [4.78, 5) is 22.6. The number of carbonyl (C=O) groups is 2. The van der Waals surface area contributed by atoms with Gasteiger partial charge in [-0.05, 0) is 13.8 Å². The number of ether oxygens (including phenoxy) is 1. The molecule has 0 aliphatic carbocycles. The highest BCUT2D eigenvalue weighted by molar-refractivity contribution is 6.31. The van der Waals surface area contributed by atoms with Gasteiger partial charge in [-0.3, -0.25) is 9.48 Å². The Hall–Kier alpha value is -1.56. The number of nitrogens with zero attached hydrogens (tertiary/aromatic N) is 2. The van der Waals surface area contributed by atoms with Gasteiger partial charge in [-0.25, -0.2) is 4.79 Å². The van der Waals surface area contributed by atoms with Crippen molar-refractivity contribution < 1.29 is 14.3 Å². The van der Waals surface area contributed by atoms with Crippen molar-refractivity contribution in [3.05, 3.63) is 16.4 Å². The number of halogens is 1. The summed E-state index contributed by atoms with van der Waals surface area (Å²) < 4.78 is 6.21. The molecule has 0 aliphatic heterocycles. The van der Waals surface area contributed by atoms with E-state index in [4.69, 9.17) is 11.6 Å². The van der Waals surface area contributed by atoms with Gasteiger partial charge in [0.1, 0.15) is 6.04 Å². The van der Waals surface area contributed by atoms with Crippen LogP contribution in [0.5, 0.6) is 0 Å². The van der Waals surface area contributed by atoms with Crippen LogP contribution in [0.2, 0.25) is 5.02 Å². The van der Waals surface area contributed by atoms with Crippen LogP contribution in [0, 0.1) is 13.8 Å². The van der Waals surface area contributed by atoms with Crippen molar-refractivity contribution in [2.75, 3.05) is 7.11 Å². The van der Waals surface area contributed by atoms with Crippen LogP contribution in [0.25, 0.3) is 0 Å². The molecule has 1 N–H and O–H groups in total. The largest absolute Gasteiger partial charge is 0.467 e. The Morgan fingerprint density at radius 2 is 2.11 bits per heavy atom. The maximum atomic E-state index is 11.5. The molecule has 1 unspecified atom stereocenters. The highest BCUT2D eigenvalue weighted by Gasteiger charge is 2.22. The summed E-state index contributed by atoms with van der Waals surface area (Å²) in [5.74, 6) is -0.827. The van der Waals surface area contributed by atoms with Gasteiger partial charge >= 0.3 is 5.97 Å². The molecule has 7 heteroatoms. The summed E-state index contributed by atoms with van der Waals surface area (Å²) >= 11 is 6.01. The van der Waals surface area contributed by atoms with E-state index < -0.39 is 12.0 Å². The lowest BCUT2D eigenvalue weighted by Crippen LogP contribution is -2.43. The van der Waals surface area contributed by atoms with Crippen LogP contribution in [-0.2, 0) is 20.9 Å². The van der Waals surface area contributed by atoms with Crippen molar-refractivity contribution in [2.45, 2.75) is 33.4 Å². The standard InChI is InChI=1S/C11H16ClN3O3/c1-6-10(12)7(2)15(14-6)5-9(11(17)18-4)13-8(3)16/h9H,5H2,1-4H3,(H,13,16). The van der Waals surface area contributed by atoms with E-state index in [1.807, 2.05) is 0 Å². The van der Waals surface area contributed by atoms with Gasteiger partial charge in [0.2, 0.25) is 5.91 Å². The minimum Gasteiger partial charge on any atom is -0.467 e. The Bertz CT molecular complexity index is 470. The molecule has 0 bridgehead atoms. The molecule has 0 aromatic carbocycles. The zero-order valence-electron chi connectivity index (χ0n) is 10.8. The summed E-state index contributed by atoms with van der Waals surface area (Å²) in [5, 5.41) is 7.27.